The third-order valence-corrected chi connectivity index (χ3v) is 9.39. The summed E-state index contributed by atoms with van der Waals surface area (Å²) >= 11 is 7.92. The Kier molecular flexibility index (Phi) is 8.01. The number of fused-ring (bicyclic) bond motifs is 1. The predicted octanol–water partition coefficient (Wildman–Crippen LogP) is 8.68. The average Bonchev–Trinajstić information content (AvgIpc) is 3.29. The molecule has 7 heteroatoms. The first kappa shape index (κ1) is 26.6. The van der Waals surface area contributed by atoms with Gasteiger partial charge in [-0.2, -0.15) is 0 Å². The van der Waals surface area contributed by atoms with E-state index >= 15 is 0 Å². The summed E-state index contributed by atoms with van der Waals surface area (Å²) in [5.74, 6) is 0.860. The minimum Gasteiger partial charge on any atom is -0.496 e. The highest BCUT2D eigenvalue weighted by Crippen LogP contribution is 2.40. The summed E-state index contributed by atoms with van der Waals surface area (Å²) in [6, 6.07) is 15.0. The van der Waals surface area contributed by atoms with E-state index in [1.54, 1.807) is 13.2 Å². The zero-order chi connectivity index (χ0) is 26.8. The van der Waals surface area contributed by atoms with E-state index in [4.69, 9.17) is 16.3 Å². The van der Waals surface area contributed by atoms with Crippen LogP contribution in [0.4, 0.5) is 4.39 Å². The third-order valence-electron chi connectivity index (χ3n) is 7.76. The van der Waals surface area contributed by atoms with Crippen molar-refractivity contribution in [2.45, 2.75) is 58.5 Å². The van der Waals surface area contributed by atoms with Gasteiger partial charge in [-0.3, -0.25) is 9.78 Å². The number of methoxy groups -OCH3 is 1. The first-order chi connectivity index (χ1) is 18.4. The van der Waals surface area contributed by atoms with Crippen molar-refractivity contribution in [2.24, 2.45) is 5.92 Å². The second-order valence-corrected chi connectivity index (χ2v) is 11.5. The van der Waals surface area contributed by atoms with E-state index in [1.165, 1.54) is 17.4 Å². The summed E-state index contributed by atoms with van der Waals surface area (Å²) in [6.07, 6.45) is 7.07. The van der Waals surface area contributed by atoms with Crippen LogP contribution in [-0.2, 0) is 6.54 Å². The molecule has 0 bridgehead atoms. The molecule has 2 heterocycles. The van der Waals surface area contributed by atoms with Crippen LogP contribution in [0.5, 0.6) is 5.75 Å². The number of amides is 1. The molecule has 5 rings (SSSR count). The number of carbonyl (C=O) groups is 1. The lowest BCUT2D eigenvalue weighted by Gasteiger charge is -2.37. The molecule has 0 atom stereocenters. The summed E-state index contributed by atoms with van der Waals surface area (Å²) < 4.78 is 21.0. The molecule has 0 N–H and O–H groups in total. The fourth-order valence-corrected chi connectivity index (χ4v) is 6.98. The number of benzene rings is 2. The molecule has 1 amide bonds. The number of pyridine rings is 1. The number of rotatable bonds is 7. The zero-order valence-corrected chi connectivity index (χ0v) is 23.5. The predicted molar refractivity (Wildman–Crippen MR) is 154 cm³/mol. The van der Waals surface area contributed by atoms with Gasteiger partial charge in [0, 0.05) is 45.7 Å². The Morgan fingerprint density at radius 3 is 2.55 bits per heavy atom. The van der Waals surface area contributed by atoms with Gasteiger partial charge >= 0.3 is 0 Å². The van der Waals surface area contributed by atoms with Gasteiger partial charge in [0.15, 0.2) is 0 Å². The van der Waals surface area contributed by atoms with Crippen LogP contribution < -0.4 is 4.74 Å². The molecule has 2 aromatic heterocycles. The first-order valence-corrected chi connectivity index (χ1v) is 14.4. The van der Waals surface area contributed by atoms with Crippen molar-refractivity contribution in [2.75, 3.05) is 7.11 Å². The maximum Gasteiger partial charge on any atom is 0.266 e. The second kappa shape index (κ2) is 11.4. The highest BCUT2D eigenvalue weighted by atomic mass is 35.5. The molecule has 198 valence electrons. The Hall–Kier alpha value is -2.96. The van der Waals surface area contributed by atoms with Gasteiger partial charge < -0.3 is 9.64 Å². The lowest BCUT2D eigenvalue weighted by Crippen LogP contribution is -2.41. The maximum atomic E-state index is 14.6. The van der Waals surface area contributed by atoms with Gasteiger partial charge in [-0.05, 0) is 74.4 Å². The second-order valence-electron chi connectivity index (χ2n) is 10.1. The zero-order valence-electron chi connectivity index (χ0n) is 22.0. The van der Waals surface area contributed by atoms with Crippen LogP contribution in [0, 0.1) is 18.7 Å². The van der Waals surface area contributed by atoms with Gasteiger partial charge in [0.2, 0.25) is 0 Å². The van der Waals surface area contributed by atoms with Gasteiger partial charge in [0.1, 0.15) is 16.4 Å². The smallest absolute Gasteiger partial charge is 0.266 e. The molecular weight excluding hydrogens is 519 g/mol. The monoisotopic (exact) mass is 550 g/mol. The van der Waals surface area contributed by atoms with E-state index in [2.05, 4.69) is 18.0 Å². The van der Waals surface area contributed by atoms with Crippen LogP contribution in [-0.4, -0.2) is 28.9 Å². The Bertz CT molecular complexity index is 1440. The number of hydrogen-bond donors (Lipinski definition) is 0. The minimum absolute atomic E-state index is 0.0748. The maximum absolute atomic E-state index is 14.6. The van der Waals surface area contributed by atoms with Gasteiger partial charge in [-0.1, -0.05) is 43.1 Å². The molecule has 38 heavy (non-hydrogen) atoms. The Morgan fingerprint density at radius 1 is 1.13 bits per heavy atom. The van der Waals surface area contributed by atoms with Gasteiger partial charge in [0.25, 0.3) is 5.91 Å². The van der Waals surface area contributed by atoms with Crippen molar-refractivity contribution in [3.05, 3.63) is 81.7 Å². The highest BCUT2D eigenvalue weighted by molar-refractivity contribution is 7.21. The first-order valence-electron chi connectivity index (χ1n) is 13.2. The molecule has 4 aromatic rings. The van der Waals surface area contributed by atoms with Crippen molar-refractivity contribution in [1.82, 2.24) is 9.88 Å². The lowest BCUT2D eigenvalue weighted by atomic mass is 9.83. The van der Waals surface area contributed by atoms with E-state index < -0.39 is 5.82 Å². The molecular formula is C31H32ClFN2O2S. The number of thiophene rings is 1. The summed E-state index contributed by atoms with van der Waals surface area (Å²) in [6.45, 7) is 4.57. The van der Waals surface area contributed by atoms with Gasteiger partial charge in [-0.15, -0.1) is 11.3 Å². The molecule has 1 aliphatic carbocycles. The van der Waals surface area contributed by atoms with Crippen LogP contribution in [0.2, 0.25) is 5.02 Å². The summed E-state index contributed by atoms with van der Waals surface area (Å²) in [7, 11) is 1.65. The van der Waals surface area contributed by atoms with Crippen LogP contribution in [0.1, 0.15) is 60.0 Å². The highest BCUT2D eigenvalue weighted by Gasteiger charge is 2.32. The fraction of sp³-hybridized carbons (Fsp3) is 0.355. The molecule has 1 aliphatic rings. The van der Waals surface area contributed by atoms with E-state index in [0.29, 0.717) is 27.4 Å². The molecule has 0 saturated heterocycles. The van der Waals surface area contributed by atoms with Crippen molar-refractivity contribution in [3.63, 3.8) is 0 Å². The number of halogens is 2. The molecule has 0 radical (unpaired) electrons. The normalized spacial score (nSPS) is 17.5. The van der Waals surface area contributed by atoms with Gasteiger partial charge in [0.05, 0.1) is 12.1 Å². The third kappa shape index (κ3) is 5.29. The van der Waals surface area contributed by atoms with E-state index in [-0.39, 0.29) is 17.0 Å². The SMILES string of the molecule is CCC1CCC(N(Cc2cc(-c3ccc(C)nc3)ccc2OC)C(=O)c2sc3cccc(F)c3c2Cl)CC1. The molecule has 4 nitrogen and oxygen atoms in total. The minimum atomic E-state index is -0.404. The average molecular weight is 551 g/mol. The topological polar surface area (TPSA) is 42.4 Å². The van der Waals surface area contributed by atoms with Crippen molar-refractivity contribution in [1.29, 1.82) is 0 Å². The lowest BCUT2D eigenvalue weighted by molar-refractivity contribution is 0.0591. The number of ether oxygens (including phenoxy) is 1. The summed E-state index contributed by atoms with van der Waals surface area (Å²) in [5.41, 5.74) is 3.89. The quantitative estimate of drug-likeness (QED) is 0.231. The Labute approximate surface area is 232 Å². The van der Waals surface area contributed by atoms with E-state index in [0.717, 1.165) is 60.2 Å². The molecule has 0 unspecified atom stereocenters. The summed E-state index contributed by atoms with van der Waals surface area (Å²) in [4.78, 5) is 20.9. The molecule has 2 aromatic carbocycles. The standard InChI is InChI=1S/C31H32ClFN2O2S/c1-4-20-9-13-24(14-10-20)35(31(36)30-29(32)28-25(33)6-5-7-27(28)38-30)18-23-16-21(12-15-26(23)37-3)22-11-8-19(2)34-17-22/h5-8,11-12,15-17,20,24H,4,9-10,13-14,18H2,1-3H3. The largest absolute Gasteiger partial charge is 0.496 e. The van der Waals surface area contributed by atoms with Crippen LogP contribution in [0.25, 0.3) is 21.2 Å². The van der Waals surface area contributed by atoms with Crippen LogP contribution in [0.3, 0.4) is 0 Å². The fourth-order valence-electron chi connectivity index (χ4n) is 5.47. The Morgan fingerprint density at radius 2 is 1.89 bits per heavy atom. The van der Waals surface area contributed by atoms with Gasteiger partial charge in [-0.25, -0.2) is 4.39 Å². The van der Waals surface area contributed by atoms with E-state index in [9.17, 15) is 9.18 Å². The number of carbonyl (C=O) groups excluding carboxylic acids is 1. The number of hydrogen-bond acceptors (Lipinski definition) is 4. The Balaban J connectivity index is 1.54. The number of aryl methyl sites for hydroxylation is 1. The molecule has 1 saturated carbocycles. The van der Waals surface area contributed by atoms with Crippen molar-refractivity contribution < 1.29 is 13.9 Å². The molecule has 0 aliphatic heterocycles. The van der Waals surface area contributed by atoms with Crippen LogP contribution >= 0.6 is 22.9 Å². The van der Waals surface area contributed by atoms with Crippen LogP contribution in [0.15, 0.2) is 54.7 Å². The number of aromatic nitrogens is 1. The summed E-state index contributed by atoms with van der Waals surface area (Å²) in [5, 5.41) is 0.524. The van der Waals surface area contributed by atoms with E-state index in [1.807, 2.05) is 48.4 Å². The molecule has 1 fully saturated rings. The van der Waals surface area contributed by atoms with Crippen molar-refractivity contribution >= 4 is 38.9 Å². The molecule has 0 spiro atoms. The number of nitrogens with zero attached hydrogens (tertiary/aromatic N) is 2. The van der Waals surface area contributed by atoms with Crippen molar-refractivity contribution in [3.8, 4) is 16.9 Å².